The highest BCUT2D eigenvalue weighted by Crippen LogP contribution is 2.19. The number of hydrogen-bond donors (Lipinski definition) is 2. The van der Waals surface area contributed by atoms with Crippen LogP contribution in [0.25, 0.3) is 0 Å². The summed E-state index contributed by atoms with van der Waals surface area (Å²) in [5, 5.41) is 12.3. The van der Waals surface area contributed by atoms with Crippen LogP contribution in [0, 0.1) is 20.8 Å². The summed E-state index contributed by atoms with van der Waals surface area (Å²) < 4.78 is 0. The summed E-state index contributed by atoms with van der Waals surface area (Å²) in [6.07, 6.45) is 0. The Labute approximate surface area is 116 Å². The van der Waals surface area contributed by atoms with Crippen molar-refractivity contribution in [1.82, 2.24) is 0 Å². The van der Waals surface area contributed by atoms with Crippen LogP contribution in [-0.4, -0.2) is 11.7 Å². The van der Waals surface area contributed by atoms with Gasteiger partial charge in [-0.05, 0) is 62.6 Å². The Balaban J connectivity index is 0.000000200. The van der Waals surface area contributed by atoms with E-state index in [0.29, 0.717) is 5.75 Å². The largest absolute Gasteiger partial charge is 0.508 e. The van der Waals surface area contributed by atoms with Crippen molar-refractivity contribution in [2.24, 2.45) is 0 Å². The van der Waals surface area contributed by atoms with Gasteiger partial charge in [-0.25, -0.2) is 0 Å². The molecule has 2 rings (SSSR count). The van der Waals surface area contributed by atoms with Crippen molar-refractivity contribution in [3.8, 4) is 5.75 Å². The molecule has 0 fully saturated rings. The van der Waals surface area contributed by atoms with Crippen LogP contribution in [0.5, 0.6) is 5.75 Å². The Morgan fingerprint density at radius 2 is 1.47 bits per heavy atom. The van der Waals surface area contributed by atoms with Gasteiger partial charge in [0, 0.05) is 12.2 Å². The van der Waals surface area contributed by atoms with Crippen LogP contribution in [0.3, 0.4) is 0 Å². The zero-order chi connectivity index (χ0) is 14.3. The van der Waals surface area contributed by atoms with E-state index in [9.17, 15) is 5.11 Å². The number of phenolic OH excluding ortho intramolecular Hbond substituents is 1. The van der Waals surface area contributed by atoms with Gasteiger partial charge in [0.2, 0.25) is 0 Å². The summed E-state index contributed by atoms with van der Waals surface area (Å²) in [5.74, 6) is 0.353. The predicted octanol–water partition coefficient (Wildman–Crippen LogP) is 4.44. The minimum absolute atomic E-state index is 0.353. The van der Waals surface area contributed by atoms with Crippen LogP contribution in [-0.2, 0) is 0 Å². The SMILES string of the molecule is CCNc1ccc(O)c(C)c1.Cc1ccccc1C. The molecule has 102 valence electrons. The Bertz CT molecular complexity index is 499. The highest BCUT2D eigenvalue weighted by molar-refractivity contribution is 5.50. The molecule has 0 heterocycles. The fourth-order valence-electron chi connectivity index (χ4n) is 1.63. The number of aryl methyl sites for hydroxylation is 3. The monoisotopic (exact) mass is 257 g/mol. The van der Waals surface area contributed by atoms with Gasteiger partial charge in [0.1, 0.15) is 5.75 Å². The maximum absolute atomic E-state index is 9.18. The van der Waals surface area contributed by atoms with Crippen LogP contribution in [0.1, 0.15) is 23.6 Å². The van der Waals surface area contributed by atoms with E-state index in [2.05, 4.69) is 43.4 Å². The zero-order valence-corrected chi connectivity index (χ0v) is 12.2. The Kier molecular flexibility index (Phi) is 5.94. The van der Waals surface area contributed by atoms with Crippen LogP contribution in [0.15, 0.2) is 42.5 Å². The van der Waals surface area contributed by atoms with Crippen molar-refractivity contribution in [3.63, 3.8) is 0 Å². The Hall–Kier alpha value is -1.96. The average molecular weight is 257 g/mol. The highest BCUT2D eigenvalue weighted by atomic mass is 16.3. The lowest BCUT2D eigenvalue weighted by Crippen LogP contribution is -1.95. The van der Waals surface area contributed by atoms with Crippen LogP contribution < -0.4 is 5.32 Å². The van der Waals surface area contributed by atoms with Crippen molar-refractivity contribution in [2.75, 3.05) is 11.9 Å². The molecule has 2 aromatic carbocycles. The third kappa shape index (κ3) is 5.04. The Morgan fingerprint density at radius 1 is 0.895 bits per heavy atom. The summed E-state index contributed by atoms with van der Waals surface area (Å²) >= 11 is 0. The molecule has 19 heavy (non-hydrogen) atoms. The number of phenols is 1. The highest BCUT2D eigenvalue weighted by Gasteiger charge is 1.95. The van der Waals surface area contributed by atoms with Gasteiger partial charge in [0.15, 0.2) is 0 Å². The molecule has 0 spiro atoms. The van der Waals surface area contributed by atoms with Gasteiger partial charge >= 0.3 is 0 Å². The standard InChI is InChI=1S/C9H13NO.C8H10/c1-3-10-8-4-5-9(11)7(2)6-8;1-7-5-3-4-6-8(7)2/h4-6,10-11H,3H2,1-2H3;3-6H,1-2H3. The van der Waals surface area contributed by atoms with E-state index in [4.69, 9.17) is 0 Å². The lowest BCUT2D eigenvalue weighted by molar-refractivity contribution is 0.471. The first-order valence-electron chi connectivity index (χ1n) is 6.60. The minimum Gasteiger partial charge on any atom is -0.508 e. The second-order valence-corrected chi connectivity index (χ2v) is 4.62. The van der Waals surface area contributed by atoms with Gasteiger partial charge in [-0.1, -0.05) is 24.3 Å². The first-order valence-corrected chi connectivity index (χ1v) is 6.60. The molecular formula is C17H23NO. The van der Waals surface area contributed by atoms with E-state index >= 15 is 0 Å². The van der Waals surface area contributed by atoms with Crippen LogP contribution >= 0.6 is 0 Å². The molecule has 2 nitrogen and oxygen atoms in total. The van der Waals surface area contributed by atoms with E-state index in [-0.39, 0.29) is 0 Å². The predicted molar refractivity (Wildman–Crippen MR) is 82.9 cm³/mol. The number of benzene rings is 2. The molecule has 0 saturated carbocycles. The fourth-order valence-corrected chi connectivity index (χ4v) is 1.63. The molecule has 0 atom stereocenters. The summed E-state index contributed by atoms with van der Waals surface area (Å²) in [7, 11) is 0. The maximum Gasteiger partial charge on any atom is 0.118 e. The van der Waals surface area contributed by atoms with Gasteiger partial charge in [0.25, 0.3) is 0 Å². The number of anilines is 1. The van der Waals surface area contributed by atoms with Crippen molar-refractivity contribution in [2.45, 2.75) is 27.7 Å². The number of hydrogen-bond acceptors (Lipinski definition) is 2. The van der Waals surface area contributed by atoms with E-state index in [1.165, 1.54) is 11.1 Å². The third-order valence-electron chi connectivity index (χ3n) is 3.00. The number of aromatic hydroxyl groups is 1. The van der Waals surface area contributed by atoms with Gasteiger partial charge in [-0.2, -0.15) is 0 Å². The van der Waals surface area contributed by atoms with Crippen molar-refractivity contribution in [1.29, 1.82) is 0 Å². The number of nitrogens with one attached hydrogen (secondary N) is 1. The maximum atomic E-state index is 9.18. The molecule has 0 aromatic heterocycles. The van der Waals surface area contributed by atoms with Crippen molar-refractivity contribution < 1.29 is 5.11 Å². The molecule has 0 aliphatic carbocycles. The second-order valence-electron chi connectivity index (χ2n) is 4.62. The zero-order valence-electron chi connectivity index (χ0n) is 12.2. The molecule has 2 aromatic rings. The molecule has 0 amide bonds. The number of rotatable bonds is 2. The fraction of sp³-hybridized carbons (Fsp3) is 0.294. The molecule has 0 saturated heterocycles. The molecule has 0 aliphatic heterocycles. The van der Waals surface area contributed by atoms with E-state index in [1.807, 2.05) is 26.0 Å². The topological polar surface area (TPSA) is 32.3 Å². The van der Waals surface area contributed by atoms with Gasteiger partial charge in [0.05, 0.1) is 0 Å². The van der Waals surface area contributed by atoms with E-state index in [1.54, 1.807) is 6.07 Å². The lowest BCUT2D eigenvalue weighted by Gasteiger charge is -2.04. The van der Waals surface area contributed by atoms with Crippen molar-refractivity contribution >= 4 is 5.69 Å². The quantitative estimate of drug-likeness (QED) is 0.780. The molecule has 2 heteroatoms. The van der Waals surface area contributed by atoms with Gasteiger partial charge in [-0.15, -0.1) is 0 Å². The normalized spacial score (nSPS) is 9.47. The summed E-state index contributed by atoms with van der Waals surface area (Å²) in [4.78, 5) is 0. The molecule has 0 unspecified atom stereocenters. The molecule has 0 radical (unpaired) electrons. The van der Waals surface area contributed by atoms with Gasteiger partial charge < -0.3 is 10.4 Å². The molecule has 0 aliphatic rings. The van der Waals surface area contributed by atoms with Crippen molar-refractivity contribution in [3.05, 3.63) is 59.2 Å². The Morgan fingerprint density at radius 3 is 1.89 bits per heavy atom. The van der Waals surface area contributed by atoms with Crippen LogP contribution in [0.4, 0.5) is 5.69 Å². The molecule has 0 bridgehead atoms. The minimum atomic E-state index is 0.353. The molecule has 2 N–H and O–H groups in total. The first-order chi connectivity index (χ1) is 9.04. The van der Waals surface area contributed by atoms with Gasteiger partial charge in [-0.3, -0.25) is 0 Å². The first kappa shape index (κ1) is 15.1. The smallest absolute Gasteiger partial charge is 0.118 e. The van der Waals surface area contributed by atoms with E-state index < -0.39 is 0 Å². The average Bonchev–Trinajstić information content (AvgIpc) is 2.39. The summed E-state index contributed by atoms with van der Waals surface area (Å²) in [6, 6.07) is 13.9. The molecular weight excluding hydrogens is 234 g/mol. The van der Waals surface area contributed by atoms with E-state index in [0.717, 1.165) is 17.8 Å². The second kappa shape index (κ2) is 7.47. The lowest BCUT2D eigenvalue weighted by atomic mass is 10.1. The summed E-state index contributed by atoms with van der Waals surface area (Å²) in [6.45, 7) is 9.08. The van der Waals surface area contributed by atoms with Crippen LogP contribution in [0.2, 0.25) is 0 Å². The third-order valence-corrected chi connectivity index (χ3v) is 3.00. The summed E-state index contributed by atoms with van der Waals surface area (Å²) in [5.41, 5.74) is 4.70.